The van der Waals surface area contributed by atoms with Gasteiger partial charge in [0.2, 0.25) is 0 Å². The van der Waals surface area contributed by atoms with Crippen LogP contribution in [0.15, 0.2) is 30.3 Å². The molecule has 0 aromatic rings. The zero-order valence-corrected chi connectivity index (χ0v) is 18.3. The van der Waals surface area contributed by atoms with E-state index in [1.807, 2.05) is 12.2 Å². The lowest BCUT2D eigenvalue weighted by Gasteiger charge is -2.32. The van der Waals surface area contributed by atoms with E-state index in [2.05, 4.69) is 49.5 Å². The number of nitrogens with zero attached hydrogens (tertiary/aromatic N) is 2. The zero-order valence-electron chi connectivity index (χ0n) is 18.3. The molecule has 1 fully saturated rings. The van der Waals surface area contributed by atoms with Gasteiger partial charge in [0.25, 0.3) is 0 Å². The molecule has 0 aromatic heterocycles. The molecule has 1 aliphatic heterocycles. The fourth-order valence-electron chi connectivity index (χ4n) is 3.30. The summed E-state index contributed by atoms with van der Waals surface area (Å²) in [6, 6.07) is 0.350. The van der Waals surface area contributed by atoms with E-state index in [4.69, 9.17) is 14.5 Å². The number of ether oxygens (including phenoxy) is 2. The summed E-state index contributed by atoms with van der Waals surface area (Å²) in [5.74, 6) is 1.95. The maximum Gasteiger partial charge on any atom is 0.191 e. The van der Waals surface area contributed by atoms with Gasteiger partial charge in [-0.25, -0.2) is 0 Å². The van der Waals surface area contributed by atoms with E-state index in [0.29, 0.717) is 17.9 Å². The molecule has 1 heterocycles. The van der Waals surface area contributed by atoms with Crippen LogP contribution in [-0.4, -0.2) is 76.1 Å². The second-order valence-electron chi connectivity index (χ2n) is 7.65. The van der Waals surface area contributed by atoms with Gasteiger partial charge in [-0.1, -0.05) is 26.0 Å². The molecule has 1 saturated heterocycles. The van der Waals surface area contributed by atoms with Crippen molar-refractivity contribution in [1.29, 1.82) is 0 Å². The van der Waals surface area contributed by atoms with Gasteiger partial charge in [0.15, 0.2) is 5.96 Å². The van der Waals surface area contributed by atoms with Gasteiger partial charge in [-0.05, 0) is 25.7 Å². The molecule has 0 aromatic carbocycles. The molecule has 6 nitrogen and oxygen atoms in total. The largest absolute Gasteiger partial charge is 0.381 e. The van der Waals surface area contributed by atoms with Crippen LogP contribution in [0.2, 0.25) is 0 Å². The van der Waals surface area contributed by atoms with E-state index in [-0.39, 0.29) is 0 Å². The van der Waals surface area contributed by atoms with Crippen molar-refractivity contribution in [2.45, 2.75) is 39.7 Å². The van der Waals surface area contributed by atoms with Gasteiger partial charge in [-0.3, -0.25) is 9.89 Å². The minimum atomic E-state index is 0.350. The molecule has 0 spiro atoms. The molecule has 0 amide bonds. The summed E-state index contributed by atoms with van der Waals surface area (Å²) in [4.78, 5) is 7.20. The lowest BCUT2D eigenvalue weighted by Crippen LogP contribution is -2.43. The molecule has 2 N–H and O–H groups in total. The van der Waals surface area contributed by atoms with Crippen molar-refractivity contribution in [1.82, 2.24) is 15.5 Å². The number of hydrogen-bond acceptors (Lipinski definition) is 4. The first kappa shape index (κ1) is 24.7. The zero-order chi connectivity index (χ0) is 20.6. The molecular formula is C22H42N4O2. The first-order valence-corrected chi connectivity index (χ1v) is 10.8. The minimum absolute atomic E-state index is 0.350. The fraction of sp³-hybridized carbons (Fsp3) is 0.773. The molecule has 28 heavy (non-hydrogen) atoms. The predicted octanol–water partition coefficient (Wildman–Crippen LogP) is 2.68. The molecule has 0 aliphatic carbocycles. The Kier molecular flexibility index (Phi) is 13.7. The van der Waals surface area contributed by atoms with Gasteiger partial charge < -0.3 is 20.1 Å². The molecule has 6 heteroatoms. The van der Waals surface area contributed by atoms with E-state index >= 15 is 0 Å². The van der Waals surface area contributed by atoms with Crippen LogP contribution in [-0.2, 0) is 9.47 Å². The van der Waals surface area contributed by atoms with E-state index in [9.17, 15) is 0 Å². The summed E-state index contributed by atoms with van der Waals surface area (Å²) in [5, 5.41) is 6.76. The van der Waals surface area contributed by atoms with Gasteiger partial charge in [-0.2, -0.15) is 0 Å². The van der Waals surface area contributed by atoms with Crippen molar-refractivity contribution in [3.63, 3.8) is 0 Å². The van der Waals surface area contributed by atoms with Crippen LogP contribution in [0.5, 0.6) is 0 Å². The first-order valence-electron chi connectivity index (χ1n) is 10.8. The van der Waals surface area contributed by atoms with Crippen molar-refractivity contribution >= 4 is 5.96 Å². The fourth-order valence-corrected chi connectivity index (χ4v) is 3.30. The topological polar surface area (TPSA) is 58.1 Å². The average Bonchev–Trinajstić information content (AvgIpc) is 3.18. The maximum absolute atomic E-state index is 5.77. The number of aliphatic imine (C=N–C) groups is 1. The lowest BCUT2D eigenvalue weighted by molar-refractivity contribution is 0.0888. The van der Waals surface area contributed by atoms with E-state index in [1.54, 1.807) is 0 Å². The van der Waals surface area contributed by atoms with Crippen LogP contribution in [0, 0.1) is 11.8 Å². The highest BCUT2D eigenvalue weighted by Gasteiger charge is 2.20. The second kappa shape index (κ2) is 15.5. The molecular weight excluding hydrogens is 352 g/mol. The van der Waals surface area contributed by atoms with Gasteiger partial charge in [0.1, 0.15) is 0 Å². The molecule has 0 bridgehead atoms. The monoisotopic (exact) mass is 394 g/mol. The summed E-state index contributed by atoms with van der Waals surface area (Å²) in [5.41, 5.74) is 0. The summed E-state index contributed by atoms with van der Waals surface area (Å²) in [6.45, 7) is 21.8. The van der Waals surface area contributed by atoms with Crippen molar-refractivity contribution in [3.05, 3.63) is 25.3 Å². The Balaban J connectivity index is 2.41. The van der Waals surface area contributed by atoms with Gasteiger partial charge in [0.05, 0.1) is 19.8 Å². The molecule has 1 rings (SSSR count). The third-order valence-electron chi connectivity index (χ3n) is 4.88. The molecule has 162 valence electrons. The van der Waals surface area contributed by atoms with Crippen LogP contribution < -0.4 is 10.6 Å². The average molecular weight is 395 g/mol. The van der Waals surface area contributed by atoms with Crippen molar-refractivity contribution in [2.75, 3.05) is 59.2 Å². The molecule has 2 unspecified atom stereocenters. The normalized spacial score (nSPS) is 18.5. The highest BCUT2D eigenvalue weighted by molar-refractivity contribution is 5.79. The predicted molar refractivity (Wildman–Crippen MR) is 119 cm³/mol. The van der Waals surface area contributed by atoms with Crippen molar-refractivity contribution in [2.24, 2.45) is 16.8 Å². The first-order chi connectivity index (χ1) is 13.6. The number of rotatable bonds is 15. The van der Waals surface area contributed by atoms with E-state index < -0.39 is 0 Å². The highest BCUT2D eigenvalue weighted by atomic mass is 16.5. The number of hydrogen-bond donors (Lipinski definition) is 2. The molecule has 1 aliphatic rings. The van der Waals surface area contributed by atoms with Crippen molar-refractivity contribution < 1.29 is 9.47 Å². The lowest BCUT2D eigenvalue weighted by atomic mass is 10.0. The third-order valence-corrected chi connectivity index (χ3v) is 4.88. The third kappa shape index (κ3) is 10.2. The summed E-state index contributed by atoms with van der Waals surface area (Å²) in [7, 11) is 0. The smallest absolute Gasteiger partial charge is 0.191 e. The summed E-state index contributed by atoms with van der Waals surface area (Å²) < 4.78 is 11.1. The highest BCUT2D eigenvalue weighted by Crippen LogP contribution is 2.13. The maximum atomic E-state index is 5.77. The van der Waals surface area contributed by atoms with Gasteiger partial charge in [-0.15, -0.1) is 13.2 Å². The Morgan fingerprint density at radius 3 is 2.61 bits per heavy atom. The quantitative estimate of drug-likeness (QED) is 0.194. The Bertz CT molecular complexity index is 438. The number of guanidine groups is 1. The Hall–Kier alpha value is -1.37. The minimum Gasteiger partial charge on any atom is -0.381 e. The van der Waals surface area contributed by atoms with E-state index in [1.165, 1.54) is 0 Å². The number of nitrogens with one attached hydrogen (secondary N) is 2. The van der Waals surface area contributed by atoms with Crippen molar-refractivity contribution in [3.8, 4) is 0 Å². The van der Waals surface area contributed by atoms with Crippen LogP contribution in [0.4, 0.5) is 0 Å². The van der Waals surface area contributed by atoms with Gasteiger partial charge in [0, 0.05) is 51.4 Å². The van der Waals surface area contributed by atoms with Crippen LogP contribution in [0.25, 0.3) is 0 Å². The standard InChI is InChI=1S/C22H42N4O2/c1-6-12-26(13-7-2)21(19(4)5)16-25-22(23-8-3)24-11-9-14-27-17-20-10-15-28-18-20/h6-7,19-21H,1-2,8-18H2,3-5H3,(H2,23,24,25). The van der Waals surface area contributed by atoms with Crippen LogP contribution in [0.3, 0.4) is 0 Å². The van der Waals surface area contributed by atoms with Crippen LogP contribution in [0.1, 0.15) is 33.6 Å². The Morgan fingerprint density at radius 1 is 1.29 bits per heavy atom. The summed E-state index contributed by atoms with van der Waals surface area (Å²) >= 11 is 0. The van der Waals surface area contributed by atoms with Crippen LogP contribution >= 0.6 is 0 Å². The molecule has 0 saturated carbocycles. The van der Waals surface area contributed by atoms with Gasteiger partial charge >= 0.3 is 0 Å². The Morgan fingerprint density at radius 2 is 2.04 bits per heavy atom. The Labute approximate surface area is 172 Å². The molecule has 2 atom stereocenters. The SMILES string of the molecule is C=CCN(CC=C)C(CN=C(NCC)NCCCOCC1CCOC1)C(C)C. The van der Waals surface area contributed by atoms with E-state index in [0.717, 1.165) is 78.0 Å². The summed E-state index contributed by atoms with van der Waals surface area (Å²) in [6.07, 6.45) is 5.99. The second-order valence-corrected chi connectivity index (χ2v) is 7.65. The molecule has 0 radical (unpaired) electrons.